The Bertz CT molecular complexity index is 1300. The number of benzene rings is 2. The Morgan fingerprint density at radius 3 is 2.27 bits per heavy atom. The number of hydrogen-bond acceptors (Lipinski definition) is 5. The second kappa shape index (κ2) is 8.61. The third kappa shape index (κ3) is 4.01. The van der Waals surface area contributed by atoms with Crippen molar-refractivity contribution in [3.05, 3.63) is 86.3 Å². The average Bonchev–Trinajstić information content (AvgIpc) is 3.27. The van der Waals surface area contributed by atoms with E-state index in [0.29, 0.717) is 17.2 Å². The summed E-state index contributed by atoms with van der Waals surface area (Å²) in [7, 11) is 1.38. The lowest BCUT2D eigenvalue weighted by Crippen LogP contribution is -2.29. The van der Waals surface area contributed by atoms with Crippen LogP contribution in [0.25, 0.3) is 5.76 Å². The first-order chi connectivity index (χ1) is 15.6. The van der Waals surface area contributed by atoms with Crippen molar-refractivity contribution in [3.8, 4) is 5.75 Å². The van der Waals surface area contributed by atoms with Gasteiger partial charge in [-0.15, -0.1) is 0 Å². The molecule has 2 aromatic carbocycles. The second-order valence-corrected chi connectivity index (χ2v) is 8.78. The molecule has 1 fully saturated rings. The molecule has 8 heteroatoms. The molecule has 3 aromatic rings. The Kier molecular flexibility index (Phi) is 5.99. The first-order valence-corrected chi connectivity index (χ1v) is 10.9. The van der Waals surface area contributed by atoms with Gasteiger partial charge in [0.05, 0.1) is 23.3 Å². The number of amides is 1. The van der Waals surface area contributed by atoms with E-state index in [-0.39, 0.29) is 26.9 Å². The van der Waals surface area contributed by atoms with Gasteiger partial charge in [0.25, 0.3) is 11.7 Å². The van der Waals surface area contributed by atoms with Crippen LogP contribution in [0.5, 0.6) is 5.75 Å². The van der Waals surface area contributed by atoms with Crippen LogP contribution in [0.2, 0.25) is 10.0 Å². The van der Waals surface area contributed by atoms with Crippen molar-refractivity contribution >= 4 is 46.3 Å². The normalized spacial score (nSPS) is 17.6. The van der Waals surface area contributed by atoms with Crippen molar-refractivity contribution in [2.45, 2.75) is 26.8 Å². The van der Waals surface area contributed by atoms with Gasteiger partial charge >= 0.3 is 0 Å². The molecule has 33 heavy (non-hydrogen) atoms. The van der Waals surface area contributed by atoms with Crippen LogP contribution in [0, 0.1) is 20.8 Å². The predicted octanol–water partition coefficient (Wildman–Crippen LogP) is 6.15. The van der Waals surface area contributed by atoms with E-state index in [1.54, 1.807) is 31.2 Å². The Morgan fingerprint density at radius 2 is 1.70 bits per heavy atom. The highest BCUT2D eigenvalue weighted by molar-refractivity contribution is 6.51. The number of hydrogen-bond donors (Lipinski definition) is 1. The molecule has 1 aromatic heterocycles. The number of rotatable bonds is 4. The number of carbonyl (C=O) groups is 2. The van der Waals surface area contributed by atoms with Crippen LogP contribution >= 0.6 is 23.2 Å². The molecule has 0 spiro atoms. The Morgan fingerprint density at radius 1 is 1.03 bits per heavy atom. The van der Waals surface area contributed by atoms with Crippen molar-refractivity contribution in [1.29, 1.82) is 0 Å². The molecule has 2 heterocycles. The summed E-state index contributed by atoms with van der Waals surface area (Å²) in [6, 6.07) is 10.9. The SMILES string of the molecule is COc1c(Cl)cc(Cl)cc1/C(O)=C1\C(=O)C(=O)N(c2cc(C)cc(C)c2)C1c1ccc(C)o1. The maximum Gasteiger partial charge on any atom is 0.300 e. The summed E-state index contributed by atoms with van der Waals surface area (Å²) in [6.45, 7) is 5.56. The molecule has 1 aliphatic rings. The number of aryl methyl sites for hydroxylation is 3. The monoisotopic (exact) mass is 485 g/mol. The fourth-order valence-electron chi connectivity index (χ4n) is 4.15. The van der Waals surface area contributed by atoms with Crippen LogP contribution in [0.4, 0.5) is 5.69 Å². The average molecular weight is 486 g/mol. The summed E-state index contributed by atoms with van der Waals surface area (Å²) in [5.74, 6) is -1.04. The van der Waals surface area contributed by atoms with E-state index < -0.39 is 23.5 Å². The molecule has 4 rings (SSSR count). The number of carbonyl (C=O) groups excluding carboxylic acids is 2. The Balaban J connectivity index is 2.01. The summed E-state index contributed by atoms with van der Waals surface area (Å²) >= 11 is 12.4. The molecule has 6 nitrogen and oxygen atoms in total. The second-order valence-electron chi connectivity index (χ2n) is 7.93. The van der Waals surface area contributed by atoms with Gasteiger partial charge in [0, 0.05) is 10.7 Å². The van der Waals surface area contributed by atoms with Crippen LogP contribution < -0.4 is 9.64 Å². The number of anilines is 1. The zero-order valence-corrected chi connectivity index (χ0v) is 19.9. The van der Waals surface area contributed by atoms with E-state index in [2.05, 4.69) is 0 Å². The van der Waals surface area contributed by atoms with Crippen LogP contribution in [-0.4, -0.2) is 23.9 Å². The summed E-state index contributed by atoms with van der Waals surface area (Å²) in [5, 5.41) is 11.7. The molecule has 1 atom stereocenters. The molecule has 1 N–H and O–H groups in total. The highest BCUT2D eigenvalue weighted by Gasteiger charge is 2.48. The van der Waals surface area contributed by atoms with E-state index in [4.69, 9.17) is 32.4 Å². The number of furan rings is 1. The van der Waals surface area contributed by atoms with E-state index in [1.807, 2.05) is 19.9 Å². The lowest BCUT2D eigenvalue weighted by atomic mass is 9.98. The standard InChI is InChI=1S/C25H21Cl2NO5/c1-12-7-13(2)9-16(8-12)28-21(19-6-5-14(3)33-19)20(23(30)25(28)31)22(29)17-10-15(26)11-18(27)24(17)32-4/h5-11,21,29H,1-4H3/b22-20+. The Labute approximate surface area is 201 Å². The maximum atomic E-state index is 13.3. The van der Waals surface area contributed by atoms with Crippen LogP contribution in [0.15, 0.2) is 52.5 Å². The van der Waals surface area contributed by atoms with Gasteiger partial charge in [-0.2, -0.15) is 0 Å². The van der Waals surface area contributed by atoms with Crippen LogP contribution in [0.1, 0.15) is 34.3 Å². The molecule has 1 saturated heterocycles. The quantitative estimate of drug-likeness (QED) is 0.272. The number of ether oxygens (including phenoxy) is 1. The summed E-state index contributed by atoms with van der Waals surface area (Å²) in [5.41, 5.74) is 2.31. The summed E-state index contributed by atoms with van der Waals surface area (Å²) in [6.07, 6.45) is 0. The number of ketones is 1. The number of halogens is 2. The number of nitrogens with zero attached hydrogens (tertiary/aromatic N) is 1. The molecular weight excluding hydrogens is 465 g/mol. The number of methoxy groups -OCH3 is 1. The van der Waals surface area contributed by atoms with Crippen molar-refractivity contribution in [2.75, 3.05) is 12.0 Å². The molecular formula is C25H21Cl2NO5. The molecule has 1 aliphatic heterocycles. The molecule has 0 saturated carbocycles. The highest BCUT2D eigenvalue weighted by Crippen LogP contribution is 2.45. The Hall–Kier alpha value is -3.22. The van der Waals surface area contributed by atoms with Crippen LogP contribution in [-0.2, 0) is 9.59 Å². The lowest BCUT2D eigenvalue weighted by molar-refractivity contribution is -0.132. The van der Waals surface area contributed by atoms with Crippen LogP contribution in [0.3, 0.4) is 0 Å². The van der Waals surface area contributed by atoms with E-state index >= 15 is 0 Å². The molecule has 1 unspecified atom stereocenters. The van der Waals surface area contributed by atoms with Gasteiger partial charge in [0.2, 0.25) is 0 Å². The zero-order valence-electron chi connectivity index (χ0n) is 18.4. The van der Waals surface area contributed by atoms with Gasteiger partial charge in [0.1, 0.15) is 29.1 Å². The van der Waals surface area contributed by atoms with Crippen molar-refractivity contribution in [2.24, 2.45) is 0 Å². The fourth-order valence-corrected chi connectivity index (χ4v) is 4.72. The minimum absolute atomic E-state index is 0.0988. The van der Waals surface area contributed by atoms with Gasteiger partial charge in [-0.25, -0.2) is 0 Å². The maximum absolute atomic E-state index is 13.3. The van der Waals surface area contributed by atoms with E-state index in [9.17, 15) is 14.7 Å². The molecule has 0 radical (unpaired) electrons. The van der Waals surface area contributed by atoms with Crippen molar-refractivity contribution < 1.29 is 23.8 Å². The minimum atomic E-state index is -0.998. The van der Waals surface area contributed by atoms with Gasteiger partial charge in [-0.1, -0.05) is 29.3 Å². The highest BCUT2D eigenvalue weighted by atomic mass is 35.5. The van der Waals surface area contributed by atoms with E-state index in [0.717, 1.165) is 11.1 Å². The fraction of sp³-hybridized carbons (Fsp3) is 0.200. The largest absolute Gasteiger partial charge is 0.507 e. The smallest absolute Gasteiger partial charge is 0.300 e. The van der Waals surface area contributed by atoms with Crippen molar-refractivity contribution in [1.82, 2.24) is 0 Å². The van der Waals surface area contributed by atoms with Gasteiger partial charge in [-0.05, 0) is 68.3 Å². The predicted molar refractivity (Wildman–Crippen MR) is 127 cm³/mol. The number of aliphatic hydroxyl groups excluding tert-OH is 1. The topological polar surface area (TPSA) is 80.0 Å². The third-order valence-electron chi connectivity index (χ3n) is 5.43. The first kappa shape index (κ1) is 23.0. The van der Waals surface area contributed by atoms with Gasteiger partial charge < -0.3 is 14.3 Å². The molecule has 170 valence electrons. The number of aliphatic hydroxyl groups is 1. The lowest BCUT2D eigenvalue weighted by Gasteiger charge is -2.24. The summed E-state index contributed by atoms with van der Waals surface area (Å²) < 4.78 is 11.2. The van der Waals surface area contributed by atoms with E-state index in [1.165, 1.54) is 24.1 Å². The zero-order chi connectivity index (χ0) is 24.0. The summed E-state index contributed by atoms with van der Waals surface area (Å²) in [4.78, 5) is 27.9. The van der Waals surface area contributed by atoms with Gasteiger partial charge in [0.15, 0.2) is 0 Å². The third-order valence-corrected chi connectivity index (χ3v) is 5.93. The molecule has 0 bridgehead atoms. The minimum Gasteiger partial charge on any atom is -0.507 e. The number of Topliss-reactive ketones (excluding diaryl/α,β-unsaturated/α-hetero) is 1. The molecule has 1 amide bonds. The van der Waals surface area contributed by atoms with Crippen molar-refractivity contribution in [3.63, 3.8) is 0 Å². The molecule has 0 aliphatic carbocycles. The van der Waals surface area contributed by atoms with Gasteiger partial charge in [-0.3, -0.25) is 14.5 Å². The first-order valence-electron chi connectivity index (χ1n) is 10.1.